The summed E-state index contributed by atoms with van der Waals surface area (Å²) in [6.07, 6.45) is 17.5. The van der Waals surface area contributed by atoms with Gasteiger partial charge in [-0.2, -0.15) is 0 Å². The van der Waals surface area contributed by atoms with Crippen LogP contribution < -0.4 is 4.74 Å². The summed E-state index contributed by atoms with van der Waals surface area (Å²) in [5.41, 5.74) is 1.16. The molecule has 0 atom stereocenters. The molecule has 0 radical (unpaired) electrons. The maximum Gasteiger partial charge on any atom is 0.305 e. The largest absolute Gasteiger partial charge is 0.494 e. The summed E-state index contributed by atoms with van der Waals surface area (Å²) in [6, 6.07) is 8.11. The lowest BCUT2D eigenvalue weighted by Crippen LogP contribution is -2.06. The van der Waals surface area contributed by atoms with E-state index in [0.29, 0.717) is 26.1 Å². The number of carbonyl (C=O) groups excluding carboxylic acids is 1. The lowest BCUT2D eigenvalue weighted by atomic mass is 10.1. The molecule has 0 saturated carbocycles. The Hall–Kier alpha value is -1.77. The number of unbranched alkanes of at least 4 members (excludes halogenated alkanes) is 8. The van der Waals surface area contributed by atoms with Crippen molar-refractivity contribution in [2.75, 3.05) is 13.2 Å². The highest BCUT2D eigenvalue weighted by molar-refractivity contribution is 5.69. The summed E-state index contributed by atoms with van der Waals surface area (Å²) in [6.45, 7) is 5.06. The van der Waals surface area contributed by atoms with Gasteiger partial charge in [-0.1, -0.05) is 76.2 Å². The molecule has 27 heavy (non-hydrogen) atoms. The van der Waals surface area contributed by atoms with E-state index in [1.165, 1.54) is 51.4 Å². The lowest BCUT2D eigenvalue weighted by molar-refractivity contribution is -0.143. The molecule has 0 aromatic heterocycles. The van der Waals surface area contributed by atoms with Crippen molar-refractivity contribution in [2.24, 2.45) is 0 Å². The Morgan fingerprint density at radius 3 is 2.44 bits per heavy atom. The number of carbonyl (C=O) groups is 1. The van der Waals surface area contributed by atoms with Gasteiger partial charge >= 0.3 is 5.97 Å². The summed E-state index contributed by atoms with van der Waals surface area (Å²) in [5.74, 6) is 0.701. The van der Waals surface area contributed by atoms with E-state index in [1.54, 1.807) is 0 Å². The fourth-order valence-corrected chi connectivity index (χ4v) is 2.96. The zero-order chi connectivity index (χ0) is 19.6. The molecule has 0 unspecified atom stereocenters. The van der Waals surface area contributed by atoms with Gasteiger partial charge in [0.25, 0.3) is 0 Å². The zero-order valence-electron chi connectivity index (χ0n) is 17.4. The van der Waals surface area contributed by atoms with Gasteiger partial charge in [0.2, 0.25) is 0 Å². The first-order valence-electron chi connectivity index (χ1n) is 10.8. The summed E-state index contributed by atoms with van der Waals surface area (Å²) in [5, 5.41) is 0. The Labute approximate surface area is 166 Å². The van der Waals surface area contributed by atoms with E-state index >= 15 is 0 Å². The highest BCUT2D eigenvalue weighted by atomic mass is 16.5. The third-order valence-electron chi connectivity index (χ3n) is 4.49. The molecule has 3 nitrogen and oxygen atoms in total. The number of hydrogen-bond acceptors (Lipinski definition) is 3. The van der Waals surface area contributed by atoms with E-state index < -0.39 is 0 Å². The van der Waals surface area contributed by atoms with E-state index in [-0.39, 0.29) is 5.97 Å². The smallest absolute Gasteiger partial charge is 0.305 e. The van der Waals surface area contributed by atoms with Crippen LogP contribution in [-0.4, -0.2) is 19.2 Å². The van der Waals surface area contributed by atoms with Crippen LogP contribution in [-0.2, 0) is 9.53 Å². The minimum absolute atomic E-state index is 0.154. The van der Waals surface area contributed by atoms with Gasteiger partial charge in [0.05, 0.1) is 13.2 Å². The van der Waals surface area contributed by atoms with E-state index in [1.807, 2.05) is 19.1 Å². The van der Waals surface area contributed by atoms with Crippen molar-refractivity contribution in [3.8, 4) is 5.75 Å². The van der Waals surface area contributed by atoms with Crippen molar-refractivity contribution < 1.29 is 14.3 Å². The molecular formula is C24H38O3. The number of allylic oxidation sites excluding steroid dienone is 1. The topological polar surface area (TPSA) is 35.5 Å². The minimum atomic E-state index is -0.154. The monoisotopic (exact) mass is 374 g/mol. The standard InChI is InChI=1S/C24H38O3/c1-3-5-6-7-8-9-10-11-12-13-16-22-17-14-18-23(21-22)27-20-15-19-24(25)26-4-2/h13-14,16-18,21H,3-12,15,19-20H2,1-2H3/b16-13-. The second-order valence-electron chi connectivity index (χ2n) is 7.00. The fraction of sp³-hybridized carbons (Fsp3) is 0.625. The molecule has 1 aromatic carbocycles. The molecule has 0 saturated heterocycles. The number of hydrogen-bond donors (Lipinski definition) is 0. The van der Waals surface area contributed by atoms with Gasteiger partial charge in [-0.3, -0.25) is 4.79 Å². The molecule has 0 spiro atoms. The summed E-state index contributed by atoms with van der Waals surface area (Å²) < 4.78 is 10.6. The number of ether oxygens (including phenoxy) is 2. The van der Waals surface area contributed by atoms with Crippen LogP contribution in [0.15, 0.2) is 30.3 Å². The molecular weight excluding hydrogens is 336 g/mol. The van der Waals surface area contributed by atoms with Crippen LogP contribution in [0.2, 0.25) is 0 Å². The van der Waals surface area contributed by atoms with Crippen molar-refractivity contribution in [1.29, 1.82) is 0 Å². The molecule has 0 amide bonds. The van der Waals surface area contributed by atoms with Crippen LogP contribution in [0, 0.1) is 0 Å². The SMILES string of the molecule is CCCCCCCCCC/C=C\c1cccc(OCCCC(=O)OCC)c1. The van der Waals surface area contributed by atoms with Crippen molar-refractivity contribution in [2.45, 2.75) is 84.5 Å². The predicted molar refractivity (Wildman–Crippen MR) is 114 cm³/mol. The first kappa shape index (κ1) is 23.3. The Morgan fingerprint density at radius 2 is 1.70 bits per heavy atom. The maximum absolute atomic E-state index is 11.3. The minimum Gasteiger partial charge on any atom is -0.494 e. The van der Waals surface area contributed by atoms with Gasteiger partial charge in [-0.05, 0) is 43.9 Å². The molecule has 0 bridgehead atoms. The first-order valence-corrected chi connectivity index (χ1v) is 10.8. The van der Waals surface area contributed by atoms with Crippen LogP contribution in [0.5, 0.6) is 5.75 Å². The van der Waals surface area contributed by atoms with Crippen molar-refractivity contribution in [3.63, 3.8) is 0 Å². The van der Waals surface area contributed by atoms with Gasteiger partial charge in [0.15, 0.2) is 0 Å². The summed E-state index contributed by atoms with van der Waals surface area (Å²) in [4.78, 5) is 11.3. The molecule has 0 aliphatic carbocycles. The van der Waals surface area contributed by atoms with Crippen molar-refractivity contribution in [1.82, 2.24) is 0 Å². The summed E-state index contributed by atoms with van der Waals surface area (Å²) >= 11 is 0. The van der Waals surface area contributed by atoms with Crippen molar-refractivity contribution >= 4 is 12.0 Å². The molecule has 1 rings (SSSR count). The third-order valence-corrected chi connectivity index (χ3v) is 4.49. The van der Waals surface area contributed by atoms with E-state index in [2.05, 4.69) is 31.2 Å². The van der Waals surface area contributed by atoms with E-state index in [0.717, 1.165) is 17.7 Å². The quantitative estimate of drug-likeness (QED) is 0.232. The van der Waals surface area contributed by atoms with Gasteiger partial charge in [-0.25, -0.2) is 0 Å². The third kappa shape index (κ3) is 13.1. The number of benzene rings is 1. The number of esters is 1. The van der Waals surface area contributed by atoms with E-state index in [4.69, 9.17) is 9.47 Å². The second-order valence-corrected chi connectivity index (χ2v) is 7.00. The first-order chi connectivity index (χ1) is 13.3. The fourth-order valence-electron chi connectivity index (χ4n) is 2.96. The summed E-state index contributed by atoms with van der Waals surface area (Å²) in [7, 11) is 0. The van der Waals surface area contributed by atoms with Gasteiger partial charge < -0.3 is 9.47 Å². The molecule has 0 aliphatic rings. The highest BCUT2D eigenvalue weighted by Crippen LogP contribution is 2.16. The van der Waals surface area contributed by atoms with Gasteiger partial charge in [-0.15, -0.1) is 0 Å². The van der Waals surface area contributed by atoms with Crippen LogP contribution in [0.4, 0.5) is 0 Å². The maximum atomic E-state index is 11.3. The molecule has 0 aliphatic heterocycles. The van der Waals surface area contributed by atoms with Crippen LogP contribution in [0.1, 0.15) is 90.0 Å². The molecule has 0 heterocycles. The van der Waals surface area contributed by atoms with Gasteiger partial charge in [0, 0.05) is 6.42 Å². The number of rotatable bonds is 16. The van der Waals surface area contributed by atoms with E-state index in [9.17, 15) is 4.79 Å². The predicted octanol–water partition coefficient (Wildman–Crippen LogP) is 6.95. The average Bonchev–Trinajstić information content (AvgIpc) is 2.67. The molecule has 3 heteroatoms. The van der Waals surface area contributed by atoms with Crippen LogP contribution in [0.3, 0.4) is 0 Å². The lowest BCUT2D eigenvalue weighted by Gasteiger charge is -2.07. The Morgan fingerprint density at radius 1 is 0.963 bits per heavy atom. The van der Waals surface area contributed by atoms with Crippen molar-refractivity contribution in [3.05, 3.63) is 35.9 Å². The molecule has 152 valence electrons. The normalized spacial score (nSPS) is 11.0. The van der Waals surface area contributed by atoms with Gasteiger partial charge in [0.1, 0.15) is 5.75 Å². The Bertz CT molecular complexity index is 522. The average molecular weight is 375 g/mol. The van der Waals surface area contributed by atoms with Crippen LogP contribution >= 0.6 is 0 Å². The highest BCUT2D eigenvalue weighted by Gasteiger charge is 2.01. The Kier molecular flexibility index (Phi) is 14.1. The Balaban J connectivity index is 2.14. The molecule has 1 aromatic rings. The second kappa shape index (κ2) is 16.4. The zero-order valence-corrected chi connectivity index (χ0v) is 17.4. The molecule has 0 N–H and O–H groups in total. The van der Waals surface area contributed by atoms with Crippen LogP contribution in [0.25, 0.3) is 6.08 Å². The molecule has 0 fully saturated rings.